The van der Waals surface area contributed by atoms with E-state index < -0.39 is 5.82 Å². The van der Waals surface area contributed by atoms with E-state index in [9.17, 15) is 14.0 Å². The molecule has 0 aliphatic carbocycles. The van der Waals surface area contributed by atoms with E-state index in [1.165, 1.54) is 12.1 Å². The van der Waals surface area contributed by atoms with Gasteiger partial charge in [0.25, 0.3) is 5.91 Å². The standard InChI is InChI=1S/C24H23FN2O2/c25-22-9-4-3-8-21(22)24(29)27-13-5-12-26(14-15-27)23(28)17-18-10-11-19-6-1-2-7-20(19)16-18/h1-4,6-11,16H,5,12-15,17H2. The molecule has 0 unspecified atom stereocenters. The van der Waals surface area contributed by atoms with E-state index in [1.807, 2.05) is 35.2 Å². The summed E-state index contributed by atoms with van der Waals surface area (Å²) in [4.78, 5) is 28.9. The van der Waals surface area contributed by atoms with Crippen LogP contribution in [0.1, 0.15) is 22.3 Å². The van der Waals surface area contributed by atoms with Crippen LogP contribution in [0, 0.1) is 5.82 Å². The molecule has 1 aliphatic rings. The van der Waals surface area contributed by atoms with Crippen LogP contribution >= 0.6 is 0 Å². The first kappa shape index (κ1) is 19.1. The van der Waals surface area contributed by atoms with Crippen LogP contribution in [-0.4, -0.2) is 47.8 Å². The van der Waals surface area contributed by atoms with E-state index >= 15 is 0 Å². The number of amides is 2. The number of benzene rings is 3. The number of hydrogen-bond donors (Lipinski definition) is 0. The van der Waals surface area contributed by atoms with Gasteiger partial charge >= 0.3 is 0 Å². The molecule has 0 atom stereocenters. The summed E-state index contributed by atoms with van der Waals surface area (Å²) in [6.45, 7) is 2.00. The minimum Gasteiger partial charge on any atom is -0.341 e. The number of fused-ring (bicyclic) bond motifs is 1. The summed E-state index contributed by atoms with van der Waals surface area (Å²) in [6, 6.07) is 20.2. The lowest BCUT2D eigenvalue weighted by Gasteiger charge is -2.22. The van der Waals surface area contributed by atoms with Crippen LogP contribution in [0.25, 0.3) is 10.8 Å². The summed E-state index contributed by atoms with van der Waals surface area (Å²) in [6.07, 6.45) is 1.02. The fourth-order valence-corrected chi connectivity index (χ4v) is 3.81. The highest BCUT2D eigenvalue weighted by molar-refractivity contribution is 5.94. The molecule has 5 heteroatoms. The number of carbonyl (C=O) groups excluding carboxylic acids is 2. The maximum absolute atomic E-state index is 13.9. The SMILES string of the molecule is O=C(Cc1ccc2ccccc2c1)N1CCCN(C(=O)c2ccccc2F)CC1. The van der Waals surface area contributed by atoms with Crippen LogP contribution in [0.2, 0.25) is 0 Å². The van der Waals surface area contributed by atoms with Gasteiger partial charge in [0.2, 0.25) is 5.91 Å². The molecule has 1 saturated heterocycles. The summed E-state index contributed by atoms with van der Waals surface area (Å²) in [5.41, 5.74) is 1.07. The molecule has 148 valence electrons. The van der Waals surface area contributed by atoms with Crippen LogP contribution in [0.5, 0.6) is 0 Å². The molecule has 29 heavy (non-hydrogen) atoms. The van der Waals surface area contributed by atoms with Crippen molar-refractivity contribution < 1.29 is 14.0 Å². The molecule has 4 nitrogen and oxygen atoms in total. The maximum Gasteiger partial charge on any atom is 0.256 e. The average Bonchev–Trinajstić information content (AvgIpc) is 3.00. The third kappa shape index (κ3) is 4.29. The molecule has 3 aromatic carbocycles. The molecule has 2 amide bonds. The van der Waals surface area contributed by atoms with Crippen molar-refractivity contribution >= 4 is 22.6 Å². The fraction of sp³-hybridized carbons (Fsp3) is 0.250. The predicted molar refractivity (Wildman–Crippen MR) is 111 cm³/mol. The van der Waals surface area contributed by atoms with Crippen LogP contribution in [-0.2, 0) is 11.2 Å². The number of nitrogens with zero attached hydrogens (tertiary/aromatic N) is 2. The molecular weight excluding hydrogens is 367 g/mol. The minimum atomic E-state index is -0.508. The average molecular weight is 390 g/mol. The Morgan fingerprint density at radius 3 is 2.31 bits per heavy atom. The second-order valence-corrected chi connectivity index (χ2v) is 7.36. The van der Waals surface area contributed by atoms with Crippen molar-refractivity contribution in [1.82, 2.24) is 9.80 Å². The summed E-state index contributed by atoms with van der Waals surface area (Å²) in [5.74, 6) is -0.765. The van der Waals surface area contributed by atoms with Crippen LogP contribution in [0.4, 0.5) is 4.39 Å². The summed E-state index contributed by atoms with van der Waals surface area (Å²) in [7, 11) is 0. The highest BCUT2D eigenvalue weighted by Crippen LogP contribution is 2.17. The number of hydrogen-bond acceptors (Lipinski definition) is 2. The topological polar surface area (TPSA) is 40.6 Å². The van der Waals surface area contributed by atoms with Gasteiger partial charge in [-0.05, 0) is 34.9 Å². The molecule has 4 rings (SSSR count). The molecule has 0 radical (unpaired) electrons. The Bertz CT molecular complexity index is 1050. The van der Waals surface area contributed by atoms with Crippen LogP contribution in [0.15, 0.2) is 66.7 Å². The van der Waals surface area contributed by atoms with Gasteiger partial charge in [0.05, 0.1) is 12.0 Å². The zero-order valence-corrected chi connectivity index (χ0v) is 16.2. The van der Waals surface area contributed by atoms with Crippen molar-refractivity contribution in [2.45, 2.75) is 12.8 Å². The third-order valence-electron chi connectivity index (χ3n) is 5.41. The summed E-state index contributed by atoms with van der Waals surface area (Å²) in [5, 5.41) is 2.27. The molecule has 0 aromatic heterocycles. The highest BCUT2D eigenvalue weighted by atomic mass is 19.1. The molecule has 1 fully saturated rings. The first-order valence-electron chi connectivity index (χ1n) is 9.91. The van der Waals surface area contributed by atoms with E-state index in [2.05, 4.69) is 12.1 Å². The van der Waals surface area contributed by atoms with Gasteiger partial charge in [0, 0.05) is 26.2 Å². The van der Waals surface area contributed by atoms with Crippen molar-refractivity contribution in [2.75, 3.05) is 26.2 Å². The van der Waals surface area contributed by atoms with Crippen LogP contribution < -0.4 is 0 Å². The van der Waals surface area contributed by atoms with Gasteiger partial charge in [-0.1, -0.05) is 54.6 Å². The van der Waals surface area contributed by atoms with Crippen molar-refractivity contribution in [3.05, 3.63) is 83.7 Å². The van der Waals surface area contributed by atoms with Crippen molar-refractivity contribution in [2.24, 2.45) is 0 Å². The Morgan fingerprint density at radius 1 is 0.793 bits per heavy atom. The zero-order chi connectivity index (χ0) is 20.2. The minimum absolute atomic E-state index is 0.0560. The van der Waals surface area contributed by atoms with Gasteiger partial charge in [-0.2, -0.15) is 0 Å². The Labute approximate surface area is 169 Å². The van der Waals surface area contributed by atoms with E-state index in [4.69, 9.17) is 0 Å². The normalized spacial score (nSPS) is 14.7. The van der Waals surface area contributed by atoms with E-state index in [1.54, 1.807) is 17.0 Å². The molecular formula is C24H23FN2O2. The van der Waals surface area contributed by atoms with Gasteiger partial charge in [0.15, 0.2) is 0 Å². The molecule has 0 spiro atoms. The van der Waals surface area contributed by atoms with Crippen molar-refractivity contribution in [3.63, 3.8) is 0 Å². The lowest BCUT2D eigenvalue weighted by Crippen LogP contribution is -2.38. The van der Waals surface area contributed by atoms with Gasteiger partial charge in [0.1, 0.15) is 5.82 Å². The molecule has 1 aliphatic heterocycles. The third-order valence-corrected chi connectivity index (χ3v) is 5.41. The van der Waals surface area contributed by atoms with Crippen molar-refractivity contribution in [3.8, 4) is 0 Å². The van der Waals surface area contributed by atoms with E-state index in [-0.39, 0.29) is 17.4 Å². The lowest BCUT2D eigenvalue weighted by atomic mass is 10.0. The lowest BCUT2D eigenvalue weighted by molar-refractivity contribution is -0.130. The summed E-state index contributed by atoms with van der Waals surface area (Å²) >= 11 is 0. The van der Waals surface area contributed by atoms with Gasteiger partial charge in [-0.15, -0.1) is 0 Å². The Balaban J connectivity index is 1.40. The molecule has 0 saturated carbocycles. The maximum atomic E-state index is 13.9. The smallest absolute Gasteiger partial charge is 0.256 e. The monoisotopic (exact) mass is 390 g/mol. The molecule has 0 bridgehead atoms. The quantitative estimate of drug-likeness (QED) is 0.681. The molecule has 3 aromatic rings. The predicted octanol–water partition coefficient (Wildman–Crippen LogP) is 3.90. The van der Waals surface area contributed by atoms with E-state index in [0.717, 1.165) is 16.3 Å². The fourth-order valence-electron chi connectivity index (χ4n) is 3.81. The first-order chi connectivity index (χ1) is 14.1. The zero-order valence-electron chi connectivity index (χ0n) is 16.2. The van der Waals surface area contributed by atoms with Gasteiger partial charge in [-0.3, -0.25) is 9.59 Å². The van der Waals surface area contributed by atoms with E-state index in [0.29, 0.717) is 39.0 Å². The molecule has 0 N–H and O–H groups in total. The summed E-state index contributed by atoms with van der Waals surface area (Å²) < 4.78 is 13.9. The second kappa shape index (κ2) is 8.43. The largest absolute Gasteiger partial charge is 0.341 e. The number of halogens is 1. The second-order valence-electron chi connectivity index (χ2n) is 7.36. The Kier molecular flexibility index (Phi) is 5.56. The van der Waals surface area contributed by atoms with Crippen LogP contribution in [0.3, 0.4) is 0 Å². The highest BCUT2D eigenvalue weighted by Gasteiger charge is 2.24. The number of carbonyl (C=O) groups is 2. The van der Waals surface area contributed by atoms with Gasteiger partial charge < -0.3 is 9.80 Å². The Hall–Kier alpha value is -3.21. The first-order valence-corrected chi connectivity index (χ1v) is 9.91. The molecule has 1 heterocycles. The number of rotatable bonds is 3. The van der Waals surface area contributed by atoms with Crippen molar-refractivity contribution in [1.29, 1.82) is 0 Å². The Morgan fingerprint density at radius 2 is 1.48 bits per heavy atom. The van der Waals surface area contributed by atoms with Gasteiger partial charge in [-0.25, -0.2) is 4.39 Å².